The first-order valence-corrected chi connectivity index (χ1v) is 9.95. The van der Waals surface area contributed by atoms with Crippen LogP contribution in [0.1, 0.15) is 41.3 Å². The molecule has 0 aliphatic carbocycles. The maximum Gasteiger partial charge on any atom is 0.269 e. The van der Waals surface area contributed by atoms with E-state index in [2.05, 4.69) is 35.5 Å². The highest BCUT2D eigenvalue weighted by Crippen LogP contribution is 2.20. The van der Waals surface area contributed by atoms with Gasteiger partial charge in [0.2, 0.25) is 5.95 Å². The van der Waals surface area contributed by atoms with E-state index in [1.165, 1.54) is 0 Å². The fourth-order valence-electron chi connectivity index (χ4n) is 2.62. The molecule has 0 radical (unpaired) electrons. The molecule has 28 heavy (non-hydrogen) atoms. The summed E-state index contributed by atoms with van der Waals surface area (Å²) in [5.41, 5.74) is 3.19. The number of aryl methyl sites for hydroxylation is 2. The smallest absolute Gasteiger partial charge is 0.269 e. The van der Waals surface area contributed by atoms with Gasteiger partial charge in [-0.2, -0.15) is 4.98 Å². The number of rotatable bonds is 8. The fourth-order valence-corrected chi connectivity index (χ4v) is 3.23. The summed E-state index contributed by atoms with van der Waals surface area (Å²) in [7, 11) is 0. The van der Waals surface area contributed by atoms with Crippen LogP contribution >= 0.6 is 11.5 Å². The van der Waals surface area contributed by atoms with Crippen molar-refractivity contribution in [1.29, 1.82) is 0 Å². The summed E-state index contributed by atoms with van der Waals surface area (Å²) in [6.07, 6.45) is 1.67. The second-order valence-electron chi connectivity index (χ2n) is 6.20. The van der Waals surface area contributed by atoms with Crippen LogP contribution in [-0.2, 0) is 6.42 Å². The van der Waals surface area contributed by atoms with Gasteiger partial charge in [0.15, 0.2) is 0 Å². The van der Waals surface area contributed by atoms with Crippen LogP contribution in [0.3, 0.4) is 0 Å². The number of hydrogen-bond donors (Lipinski definition) is 3. The number of aromatic nitrogens is 4. The summed E-state index contributed by atoms with van der Waals surface area (Å²) in [5, 5.41) is 13.3. The van der Waals surface area contributed by atoms with Gasteiger partial charge in [-0.25, -0.2) is 4.98 Å². The average Bonchev–Trinajstić information content (AvgIpc) is 3.12. The molecule has 3 aromatic rings. The quantitative estimate of drug-likeness (QED) is 0.527. The van der Waals surface area contributed by atoms with Crippen LogP contribution in [-0.4, -0.2) is 32.0 Å². The Kier molecular flexibility index (Phi) is 6.49. The molecule has 0 spiro atoms. The summed E-state index contributed by atoms with van der Waals surface area (Å²) in [5.74, 6) is 1.12. The van der Waals surface area contributed by atoms with E-state index in [-0.39, 0.29) is 5.91 Å². The van der Waals surface area contributed by atoms with Crippen LogP contribution < -0.4 is 16.0 Å². The highest BCUT2D eigenvalue weighted by atomic mass is 32.1. The Balaban J connectivity index is 1.67. The van der Waals surface area contributed by atoms with Crippen molar-refractivity contribution >= 4 is 40.6 Å². The maximum absolute atomic E-state index is 12.5. The van der Waals surface area contributed by atoms with Crippen LogP contribution in [0.5, 0.6) is 0 Å². The van der Waals surface area contributed by atoms with Crippen LogP contribution in [0.15, 0.2) is 30.3 Å². The van der Waals surface area contributed by atoms with Gasteiger partial charge in [0.25, 0.3) is 5.91 Å². The standard InChI is InChI=1S/C19H23N7OS/c1-4-6-15-17(28-26-25-15)18(27)23-14-9-7-13(8-10-14)22-16-11-12(3)21-19(24-16)20-5-2/h7-11H,4-6H2,1-3H3,(H,23,27)(H2,20,21,22,24). The van der Waals surface area contributed by atoms with Gasteiger partial charge in [0.05, 0.1) is 5.69 Å². The molecule has 1 amide bonds. The van der Waals surface area contributed by atoms with Crippen molar-refractivity contribution in [2.45, 2.75) is 33.6 Å². The van der Waals surface area contributed by atoms with Crippen LogP contribution in [0.2, 0.25) is 0 Å². The third-order valence-electron chi connectivity index (χ3n) is 3.85. The van der Waals surface area contributed by atoms with Crippen LogP contribution in [0, 0.1) is 6.92 Å². The van der Waals surface area contributed by atoms with E-state index < -0.39 is 0 Å². The summed E-state index contributed by atoms with van der Waals surface area (Å²) < 4.78 is 3.90. The lowest BCUT2D eigenvalue weighted by atomic mass is 10.2. The lowest BCUT2D eigenvalue weighted by molar-refractivity contribution is 0.102. The van der Waals surface area contributed by atoms with E-state index in [4.69, 9.17) is 0 Å². The Bertz CT molecular complexity index is 940. The first-order chi connectivity index (χ1) is 13.6. The van der Waals surface area contributed by atoms with Crippen molar-refractivity contribution in [3.63, 3.8) is 0 Å². The number of amides is 1. The van der Waals surface area contributed by atoms with Gasteiger partial charge in [-0.1, -0.05) is 17.8 Å². The molecule has 0 aliphatic rings. The van der Waals surface area contributed by atoms with Gasteiger partial charge < -0.3 is 16.0 Å². The lowest BCUT2D eigenvalue weighted by Crippen LogP contribution is -2.12. The summed E-state index contributed by atoms with van der Waals surface area (Å²) in [6.45, 7) is 6.73. The highest BCUT2D eigenvalue weighted by molar-refractivity contribution is 7.08. The summed E-state index contributed by atoms with van der Waals surface area (Å²) in [4.78, 5) is 21.8. The van der Waals surface area contributed by atoms with Crippen molar-refractivity contribution in [1.82, 2.24) is 19.6 Å². The second kappa shape index (κ2) is 9.23. The summed E-state index contributed by atoms with van der Waals surface area (Å²) >= 11 is 1.12. The molecule has 0 atom stereocenters. The fraction of sp³-hybridized carbons (Fsp3) is 0.316. The highest BCUT2D eigenvalue weighted by Gasteiger charge is 2.15. The van der Waals surface area contributed by atoms with Crippen molar-refractivity contribution in [2.24, 2.45) is 0 Å². The Labute approximate surface area is 168 Å². The van der Waals surface area contributed by atoms with E-state index in [9.17, 15) is 4.79 Å². The number of hydrogen-bond acceptors (Lipinski definition) is 8. The number of carbonyl (C=O) groups excluding carboxylic acids is 1. The molecule has 0 bridgehead atoms. The van der Waals surface area contributed by atoms with Gasteiger partial charge in [-0.3, -0.25) is 4.79 Å². The van der Waals surface area contributed by atoms with Crippen LogP contribution in [0.25, 0.3) is 0 Å². The number of nitrogens with one attached hydrogen (secondary N) is 3. The topological polar surface area (TPSA) is 105 Å². The third kappa shape index (κ3) is 5.01. The first-order valence-electron chi connectivity index (χ1n) is 9.18. The molecule has 2 heterocycles. The first kappa shape index (κ1) is 19.7. The van der Waals surface area contributed by atoms with E-state index >= 15 is 0 Å². The van der Waals surface area contributed by atoms with Crippen molar-refractivity contribution in [2.75, 3.05) is 22.5 Å². The van der Waals surface area contributed by atoms with Crippen LogP contribution in [0.4, 0.5) is 23.1 Å². The minimum atomic E-state index is -0.180. The molecule has 8 nitrogen and oxygen atoms in total. The maximum atomic E-state index is 12.5. The zero-order chi connectivity index (χ0) is 19.9. The van der Waals surface area contributed by atoms with E-state index in [0.29, 0.717) is 22.3 Å². The van der Waals surface area contributed by atoms with E-state index in [1.54, 1.807) is 0 Å². The molecule has 0 saturated carbocycles. The Morgan fingerprint density at radius 2 is 1.86 bits per heavy atom. The van der Waals surface area contributed by atoms with Gasteiger partial charge in [0, 0.05) is 29.7 Å². The monoisotopic (exact) mass is 397 g/mol. The molecule has 3 rings (SSSR count). The van der Waals surface area contributed by atoms with Gasteiger partial charge in [0.1, 0.15) is 10.7 Å². The zero-order valence-electron chi connectivity index (χ0n) is 16.1. The molecule has 9 heteroatoms. The predicted molar refractivity (Wildman–Crippen MR) is 113 cm³/mol. The Hall–Kier alpha value is -3.07. The summed E-state index contributed by atoms with van der Waals surface area (Å²) in [6, 6.07) is 9.33. The molecule has 0 saturated heterocycles. The van der Waals surface area contributed by atoms with Crippen molar-refractivity contribution in [3.8, 4) is 0 Å². The molecule has 1 aromatic carbocycles. The molecule has 3 N–H and O–H groups in total. The van der Waals surface area contributed by atoms with Gasteiger partial charge in [-0.05, 0) is 56.1 Å². The molecular formula is C19H23N7OS. The minimum absolute atomic E-state index is 0.180. The average molecular weight is 398 g/mol. The second-order valence-corrected chi connectivity index (χ2v) is 6.96. The molecule has 2 aromatic heterocycles. The number of carbonyl (C=O) groups is 1. The molecular weight excluding hydrogens is 374 g/mol. The number of nitrogens with zero attached hydrogens (tertiary/aromatic N) is 4. The van der Waals surface area contributed by atoms with Crippen molar-refractivity contribution < 1.29 is 4.79 Å². The zero-order valence-corrected chi connectivity index (χ0v) is 16.9. The van der Waals surface area contributed by atoms with E-state index in [1.807, 2.05) is 51.1 Å². The van der Waals surface area contributed by atoms with Gasteiger partial charge >= 0.3 is 0 Å². The van der Waals surface area contributed by atoms with Gasteiger partial charge in [-0.15, -0.1) is 5.10 Å². The molecule has 146 valence electrons. The predicted octanol–water partition coefficient (Wildman–Crippen LogP) is 4.02. The third-order valence-corrected chi connectivity index (χ3v) is 4.62. The minimum Gasteiger partial charge on any atom is -0.354 e. The number of benzene rings is 1. The largest absolute Gasteiger partial charge is 0.354 e. The SMILES string of the molecule is CCCc1nnsc1C(=O)Nc1ccc(Nc2cc(C)nc(NCC)n2)cc1. The van der Waals surface area contributed by atoms with E-state index in [0.717, 1.165) is 48.0 Å². The van der Waals surface area contributed by atoms with Crippen molar-refractivity contribution in [3.05, 3.63) is 46.6 Å². The normalized spacial score (nSPS) is 10.5. The lowest BCUT2D eigenvalue weighted by Gasteiger charge is -2.10. The Morgan fingerprint density at radius 3 is 2.57 bits per heavy atom. The molecule has 0 fully saturated rings. The number of anilines is 4. The molecule has 0 aliphatic heterocycles. The molecule has 0 unspecified atom stereocenters. The Morgan fingerprint density at radius 1 is 1.11 bits per heavy atom.